The van der Waals surface area contributed by atoms with Gasteiger partial charge in [-0.3, -0.25) is 4.79 Å². The summed E-state index contributed by atoms with van der Waals surface area (Å²) >= 11 is 0. The van der Waals surface area contributed by atoms with Crippen LogP contribution in [0.25, 0.3) is 0 Å². The molecule has 5 atom stereocenters. The van der Waals surface area contributed by atoms with E-state index >= 15 is 0 Å². The van der Waals surface area contributed by atoms with Crippen molar-refractivity contribution in [3.63, 3.8) is 0 Å². The minimum absolute atomic E-state index is 0.0365. The predicted octanol–water partition coefficient (Wildman–Crippen LogP) is 2.87. The fourth-order valence-corrected chi connectivity index (χ4v) is 4.88. The van der Waals surface area contributed by atoms with Gasteiger partial charge in [-0.15, -0.1) is 0 Å². The summed E-state index contributed by atoms with van der Waals surface area (Å²) in [5.41, 5.74) is -0.0365. The number of hydrogen-bond acceptors (Lipinski definition) is 2. The fraction of sp³-hybridized carbons (Fsp3) is 0.800. The lowest BCUT2D eigenvalue weighted by Crippen LogP contribution is -2.46. The molecule has 17 heavy (non-hydrogen) atoms. The summed E-state index contributed by atoms with van der Waals surface area (Å²) in [6.07, 6.45) is 12.8. The highest BCUT2D eigenvalue weighted by Crippen LogP contribution is 2.58. The molecule has 2 nitrogen and oxygen atoms in total. The molecule has 0 amide bonds. The molecule has 4 aliphatic rings. The monoisotopic (exact) mass is 232 g/mol. The number of carbonyl (C=O) groups excluding carboxylic acids is 1. The van der Waals surface area contributed by atoms with Gasteiger partial charge in [0.1, 0.15) is 5.78 Å². The third-order valence-electron chi connectivity index (χ3n) is 5.50. The Hall–Kier alpha value is -0.630. The normalized spacial score (nSPS) is 52.1. The van der Waals surface area contributed by atoms with Crippen molar-refractivity contribution >= 4 is 5.78 Å². The predicted molar refractivity (Wildman–Crippen MR) is 64.5 cm³/mol. The Balaban J connectivity index is 1.78. The Bertz CT molecular complexity index is 386. The summed E-state index contributed by atoms with van der Waals surface area (Å²) in [4.78, 5) is 12.4. The largest absolute Gasteiger partial charge is 0.363 e. The molecule has 92 valence electrons. The van der Waals surface area contributed by atoms with Crippen LogP contribution in [0.15, 0.2) is 12.2 Å². The molecule has 0 aromatic rings. The van der Waals surface area contributed by atoms with Gasteiger partial charge >= 0.3 is 0 Å². The molecule has 3 fully saturated rings. The maximum absolute atomic E-state index is 12.4. The Morgan fingerprint density at radius 3 is 3.06 bits per heavy atom. The van der Waals surface area contributed by atoms with Crippen LogP contribution in [0.2, 0.25) is 0 Å². The second kappa shape index (κ2) is 3.44. The highest BCUT2D eigenvalue weighted by molar-refractivity contribution is 5.83. The molecule has 0 unspecified atom stereocenters. The summed E-state index contributed by atoms with van der Waals surface area (Å²) in [6.45, 7) is 0. The lowest BCUT2D eigenvalue weighted by atomic mass is 9.59. The summed E-state index contributed by atoms with van der Waals surface area (Å²) in [5, 5.41) is 0. The van der Waals surface area contributed by atoms with Crippen molar-refractivity contribution in [3.05, 3.63) is 12.2 Å². The standard InChI is InChI=1S/C15H20O2/c16-11-6-2-1-4-10-5-3-8-15-9-7-12(17-15)13(11)14(10)15/h7,9-10,12-14H,1-6,8H2/t10-,12+,13-,14+,15-/m0/s1. The average molecular weight is 232 g/mol. The van der Waals surface area contributed by atoms with Gasteiger partial charge in [0.15, 0.2) is 0 Å². The van der Waals surface area contributed by atoms with E-state index in [9.17, 15) is 4.79 Å². The molecule has 1 saturated heterocycles. The first-order chi connectivity index (χ1) is 8.30. The van der Waals surface area contributed by atoms with E-state index in [1.807, 2.05) is 0 Å². The molecule has 4 rings (SSSR count). The van der Waals surface area contributed by atoms with Gasteiger partial charge in [0, 0.05) is 12.3 Å². The molecule has 0 N–H and O–H groups in total. The molecule has 0 radical (unpaired) electrons. The van der Waals surface area contributed by atoms with Crippen LogP contribution < -0.4 is 0 Å². The van der Waals surface area contributed by atoms with Crippen molar-refractivity contribution in [1.82, 2.24) is 0 Å². The van der Waals surface area contributed by atoms with Gasteiger partial charge in [0.25, 0.3) is 0 Å². The number of hydrogen-bond donors (Lipinski definition) is 0. The quantitative estimate of drug-likeness (QED) is 0.600. The number of fused-ring (bicyclic) bond motifs is 2. The topological polar surface area (TPSA) is 26.3 Å². The molecular weight excluding hydrogens is 212 g/mol. The van der Waals surface area contributed by atoms with Crippen molar-refractivity contribution in [2.75, 3.05) is 0 Å². The number of Topliss-reactive ketones (excluding diaryl/α,β-unsaturated/α-hetero) is 1. The van der Waals surface area contributed by atoms with Gasteiger partial charge in [-0.1, -0.05) is 25.0 Å². The second-order valence-electron chi connectivity index (χ2n) is 6.31. The van der Waals surface area contributed by atoms with Crippen LogP contribution in [0.3, 0.4) is 0 Å². The number of ether oxygens (including phenoxy) is 1. The molecule has 2 heterocycles. The first-order valence-electron chi connectivity index (χ1n) is 7.20. The zero-order chi connectivity index (χ0) is 11.5. The Morgan fingerprint density at radius 2 is 2.12 bits per heavy atom. The molecule has 2 heteroatoms. The van der Waals surface area contributed by atoms with Crippen LogP contribution in [-0.4, -0.2) is 17.5 Å². The maximum Gasteiger partial charge on any atom is 0.139 e. The highest BCUT2D eigenvalue weighted by Gasteiger charge is 2.61. The lowest BCUT2D eigenvalue weighted by Gasteiger charge is -2.44. The van der Waals surface area contributed by atoms with E-state index < -0.39 is 0 Å². The van der Waals surface area contributed by atoms with Crippen molar-refractivity contribution in [2.24, 2.45) is 17.8 Å². The van der Waals surface area contributed by atoms with Crippen LogP contribution in [0.4, 0.5) is 0 Å². The van der Waals surface area contributed by atoms with Crippen LogP contribution in [-0.2, 0) is 9.53 Å². The van der Waals surface area contributed by atoms with E-state index in [-0.39, 0.29) is 17.6 Å². The second-order valence-corrected chi connectivity index (χ2v) is 6.31. The lowest BCUT2D eigenvalue weighted by molar-refractivity contribution is -0.126. The first kappa shape index (κ1) is 10.3. The first-order valence-corrected chi connectivity index (χ1v) is 7.20. The van der Waals surface area contributed by atoms with Crippen LogP contribution in [0.1, 0.15) is 44.9 Å². The zero-order valence-corrected chi connectivity index (χ0v) is 10.2. The molecule has 0 aromatic heterocycles. The molecule has 2 saturated carbocycles. The van der Waals surface area contributed by atoms with E-state index in [0.717, 1.165) is 25.2 Å². The van der Waals surface area contributed by atoms with Gasteiger partial charge in [-0.25, -0.2) is 0 Å². The van der Waals surface area contributed by atoms with Crippen LogP contribution >= 0.6 is 0 Å². The van der Waals surface area contributed by atoms with Gasteiger partial charge in [-0.05, 0) is 31.6 Å². The molecule has 1 spiro atoms. The molecular formula is C15H20O2. The summed E-state index contributed by atoms with van der Waals surface area (Å²) in [6, 6.07) is 0. The van der Waals surface area contributed by atoms with Crippen molar-refractivity contribution in [2.45, 2.75) is 56.7 Å². The van der Waals surface area contributed by atoms with E-state index in [1.54, 1.807) is 0 Å². The number of rotatable bonds is 0. The number of ketones is 1. The van der Waals surface area contributed by atoms with Gasteiger partial charge in [0.05, 0.1) is 17.6 Å². The molecule has 0 aromatic carbocycles. The van der Waals surface area contributed by atoms with Crippen molar-refractivity contribution in [1.29, 1.82) is 0 Å². The highest BCUT2D eigenvalue weighted by atomic mass is 16.5. The summed E-state index contributed by atoms with van der Waals surface area (Å²) in [7, 11) is 0. The molecule has 2 bridgehead atoms. The Labute approximate surface area is 102 Å². The maximum atomic E-state index is 12.4. The smallest absolute Gasteiger partial charge is 0.139 e. The molecule has 2 aliphatic heterocycles. The number of carbonyl (C=O) groups is 1. The van der Waals surface area contributed by atoms with Gasteiger partial charge < -0.3 is 4.74 Å². The van der Waals surface area contributed by atoms with Crippen molar-refractivity contribution in [3.8, 4) is 0 Å². The average Bonchev–Trinajstić information content (AvgIpc) is 2.86. The Morgan fingerprint density at radius 1 is 1.24 bits per heavy atom. The third-order valence-corrected chi connectivity index (χ3v) is 5.50. The zero-order valence-electron chi connectivity index (χ0n) is 10.2. The van der Waals surface area contributed by atoms with Gasteiger partial charge in [0.2, 0.25) is 0 Å². The van der Waals surface area contributed by atoms with Crippen LogP contribution in [0.5, 0.6) is 0 Å². The van der Waals surface area contributed by atoms with E-state index in [1.165, 1.54) is 25.7 Å². The van der Waals surface area contributed by atoms with Crippen LogP contribution in [0, 0.1) is 17.8 Å². The van der Waals surface area contributed by atoms with E-state index in [2.05, 4.69) is 12.2 Å². The molecule has 2 aliphatic carbocycles. The van der Waals surface area contributed by atoms with Gasteiger partial charge in [-0.2, -0.15) is 0 Å². The minimum atomic E-state index is -0.0365. The fourth-order valence-electron chi connectivity index (χ4n) is 4.88. The van der Waals surface area contributed by atoms with E-state index in [0.29, 0.717) is 11.7 Å². The third kappa shape index (κ3) is 1.28. The Kier molecular flexibility index (Phi) is 2.09. The summed E-state index contributed by atoms with van der Waals surface area (Å²) < 4.78 is 6.23. The SMILES string of the molecule is O=C1CCCC[C@H]2CCC[C@@]34C=C[C@@H](O3)[C@H]1[C@@H]24. The van der Waals surface area contributed by atoms with E-state index in [4.69, 9.17) is 4.74 Å². The summed E-state index contributed by atoms with van der Waals surface area (Å²) in [5.74, 6) is 1.94. The van der Waals surface area contributed by atoms with Crippen molar-refractivity contribution < 1.29 is 9.53 Å². The minimum Gasteiger partial charge on any atom is -0.363 e.